The summed E-state index contributed by atoms with van der Waals surface area (Å²) < 4.78 is 10.4. The lowest BCUT2D eigenvalue weighted by molar-refractivity contribution is 0.551. The Bertz CT molecular complexity index is 2220. The molecule has 0 amide bonds. The number of para-hydroxylation sites is 4. The van der Waals surface area contributed by atoms with Crippen molar-refractivity contribution in [2.45, 2.75) is 0 Å². The van der Waals surface area contributed by atoms with Crippen LogP contribution in [0.4, 0.5) is 0 Å². The van der Waals surface area contributed by atoms with Crippen LogP contribution in [-0.2, 0) is 0 Å². The highest BCUT2D eigenvalue weighted by Crippen LogP contribution is 2.40. The maximum absolute atomic E-state index is 13.0. The van der Waals surface area contributed by atoms with E-state index in [0.717, 1.165) is 49.7 Å². The molecule has 0 bridgehead atoms. The number of rotatable bonds is 2. The maximum Gasteiger partial charge on any atom is 0.346 e. The van der Waals surface area contributed by atoms with Gasteiger partial charge in [-0.3, -0.25) is 4.40 Å². The van der Waals surface area contributed by atoms with Gasteiger partial charge in [-0.25, -0.2) is 4.79 Å². The summed E-state index contributed by atoms with van der Waals surface area (Å²) in [5, 5.41) is 3.96. The van der Waals surface area contributed by atoms with E-state index in [2.05, 4.69) is 87.8 Å². The first-order valence-electron chi connectivity index (χ1n) is 12.3. The minimum absolute atomic E-state index is 0.325. The van der Waals surface area contributed by atoms with Gasteiger partial charge in [0, 0.05) is 21.8 Å². The number of hydrogen-bond acceptors (Lipinski definition) is 2. The zero-order chi connectivity index (χ0) is 24.5. The van der Waals surface area contributed by atoms with Crippen LogP contribution in [0.25, 0.3) is 66.1 Å². The average molecular weight is 477 g/mol. The normalized spacial score (nSPS) is 11.9. The van der Waals surface area contributed by atoms with Crippen molar-refractivity contribution in [1.29, 1.82) is 0 Å². The lowest BCUT2D eigenvalue weighted by Gasteiger charge is -2.08. The van der Waals surface area contributed by atoms with Crippen molar-refractivity contribution in [3.63, 3.8) is 0 Å². The van der Waals surface area contributed by atoms with Crippen LogP contribution in [0.3, 0.4) is 0 Å². The van der Waals surface area contributed by atoms with Crippen molar-refractivity contribution in [3.05, 3.63) is 132 Å². The molecule has 0 N–H and O–H groups in total. The van der Waals surface area contributed by atoms with Crippen molar-refractivity contribution in [3.8, 4) is 16.8 Å². The van der Waals surface area contributed by atoms with Gasteiger partial charge in [0.2, 0.25) is 5.71 Å². The molecule has 4 nitrogen and oxygen atoms in total. The van der Waals surface area contributed by atoms with Crippen molar-refractivity contribution in [2.24, 2.45) is 0 Å². The molecule has 37 heavy (non-hydrogen) atoms. The van der Waals surface area contributed by atoms with Crippen LogP contribution in [0.15, 0.2) is 131 Å². The molecule has 0 atom stereocenters. The Labute approximate surface area is 211 Å². The number of hydrogen-bond donors (Lipinski definition) is 0. The molecule has 0 spiro atoms. The Morgan fingerprint density at radius 2 is 1.11 bits per heavy atom. The second-order valence-electron chi connectivity index (χ2n) is 9.36. The minimum Gasteiger partial charge on any atom is -0.405 e. The average Bonchev–Trinajstić information content (AvgIpc) is 3.46. The standard InChI is InChI=1S/C33H20N2O2/c36-33-25-14-6-9-17-29(25)35-28-16-8-5-13-24(28)31(32(35)37-33)21-18-19-30-26(20-21)23-12-4-7-15-27(23)34(30)22-10-2-1-3-11-22/h1-20H. The van der Waals surface area contributed by atoms with Gasteiger partial charge in [0.25, 0.3) is 0 Å². The molecule has 8 rings (SSSR count). The Hall–Kier alpha value is -5.09. The van der Waals surface area contributed by atoms with E-state index in [1.165, 1.54) is 5.39 Å². The van der Waals surface area contributed by atoms with Gasteiger partial charge in [0.05, 0.1) is 33.0 Å². The Morgan fingerprint density at radius 3 is 1.89 bits per heavy atom. The van der Waals surface area contributed by atoms with Gasteiger partial charge in [0.15, 0.2) is 0 Å². The van der Waals surface area contributed by atoms with Gasteiger partial charge in [-0.15, -0.1) is 0 Å². The molecule has 5 aromatic carbocycles. The Balaban J connectivity index is 1.51. The van der Waals surface area contributed by atoms with Crippen molar-refractivity contribution < 1.29 is 4.42 Å². The number of fused-ring (bicyclic) bond motifs is 8. The molecule has 0 aliphatic carbocycles. The van der Waals surface area contributed by atoms with Crippen molar-refractivity contribution >= 4 is 49.3 Å². The van der Waals surface area contributed by atoms with Crippen LogP contribution < -0.4 is 5.63 Å². The van der Waals surface area contributed by atoms with Crippen molar-refractivity contribution in [1.82, 2.24) is 8.97 Å². The SMILES string of the molecule is O=c1oc2c(-c3ccc4c(c3)c3ccccc3n4-c3ccccc3)c3ccccc3n2c2ccccc12. The summed E-state index contributed by atoms with van der Waals surface area (Å²) in [5.74, 6) is 0. The summed E-state index contributed by atoms with van der Waals surface area (Å²) in [7, 11) is 0. The summed E-state index contributed by atoms with van der Waals surface area (Å²) in [6.07, 6.45) is 0. The molecule has 3 aromatic heterocycles. The number of benzene rings is 5. The van der Waals surface area contributed by atoms with E-state index in [-0.39, 0.29) is 5.63 Å². The van der Waals surface area contributed by atoms with Gasteiger partial charge >= 0.3 is 5.63 Å². The van der Waals surface area contributed by atoms with Gasteiger partial charge in [-0.05, 0) is 54.1 Å². The molecule has 0 fully saturated rings. The zero-order valence-corrected chi connectivity index (χ0v) is 19.8. The largest absolute Gasteiger partial charge is 0.405 e. The maximum atomic E-state index is 13.0. The van der Waals surface area contributed by atoms with Gasteiger partial charge < -0.3 is 8.98 Å². The fourth-order valence-electron chi connectivity index (χ4n) is 5.80. The van der Waals surface area contributed by atoms with E-state index in [9.17, 15) is 4.79 Å². The van der Waals surface area contributed by atoms with Gasteiger partial charge in [-0.1, -0.05) is 72.8 Å². The second kappa shape index (κ2) is 7.45. The van der Waals surface area contributed by atoms with E-state index in [4.69, 9.17) is 4.42 Å². The fourth-order valence-corrected chi connectivity index (χ4v) is 5.80. The van der Waals surface area contributed by atoms with Crippen LogP contribution >= 0.6 is 0 Å². The summed E-state index contributed by atoms with van der Waals surface area (Å²) in [5.41, 5.74) is 7.46. The molecule has 0 radical (unpaired) electrons. The van der Waals surface area contributed by atoms with Crippen LogP contribution in [-0.4, -0.2) is 8.97 Å². The molecule has 0 aliphatic heterocycles. The first-order valence-corrected chi connectivity index (χ1v) is 12.3. The molecular formula is C33H20N2O2. The third-order valence-electron chi connectivity index (χ3n) is 7.36. The Morgan fingerprint density at radius 1 is 0.514 bits per heavy atom. The molecule has 0 saturated heterocycles. The summed E-state index contributed by atoms with van der Waals surface area (Å²) >= 11 is 0. The Kier molecular flexibility index (Phi) is 4.06. The quantitative estimate of drug-likeness (QED) is 0.254. The molecule has 0 saturated carbocycles. The van der Waals surface area contributed by atoms with Gasteiger partial charge in [-0.2, -0.15) is 0 Å². The van der Waals surface area contributed by atoms with E-state index in [1.54, 1.807) is 0 Å². The van der Waals surface area contributed by atoms with E-state index in [0.29, 0.717) is 11.1 Å². The minimum atomic E-state index is -0.325. The summed E-state index contributed by atoms with van der Waals surface area (Å²) in [6, 6.07) is 41.3. The summed E-state index contributed by atoms with van der Waals surface area (Å²) in [4.78, 5) is 13.0. The molecule has 0 aliphatic rings. The third-order valence-corrected chi connectivity index (χ3v) is 7.36. The highest BCUT2D eigenvalue weighted by molar-refractivity contribution is 6.13. The smallest absolute Gasteiger partial charge is 0.346 e. The number of nitrogens with zero attached hydrogens (tertiary/aromatic N) is 2. The predicted molar refractivity (Wildman–Crippen MR) is 151 cm³/mol. The molecule has 3 heterocycles. The second-order valence-corrected chi connectivity index (χ2v) is 9.36. The monoisotopic (exact) mass is 476 g/mol. The fraction of sp³-hybridized carbons (Fsp3) is 0. The van der Waals surface area contributed by atoms with Crippen LogP contribution in [0, 0.1) is 0 Å². The van der Waals surface area contributed by atoms with E-state index < -0.39 is 0 Å². The zero-order valence-electron chi connectivity index (χ0n) is 19.8. The van der Waals surface area contributed by atoms with Crippen LogP contribution in [0.1, 0.15) is 0 Å². The first-order chi connectivity index (χ1) is 18.3. The molecule has 0 unspecified atom stereocenters. The lowest BCUT2D eigenvalue weighted by Crippen LogP contribution is -2.03. The highest BCUT2D eigenvalue weighted by atomic mass is 16.4. The predicted octanol–water partition coefficient (Wildman–Crippen LogP) is 7.96. The first kappa shape index (κ1) is 20.1. The van der Waals surface area contributed by atoms with Crippen LogP contribution in [0.5, 0.6) is 0 Å². The molecule has 174 valence electrons. The van der Waals surface area contributed by atoms with Gasteiger partial charge in [0.1, 0.15) is 0 Å². The topological polar surface area (TPSA) is 39.5 Å². The van der Waals surface area contributed by atoms with E-state index >= 15 is 0 Å². The third kappa shape index (κ3) is 2.75. The molecule has 4 heteroatoms. The van der Waals surface area contributed by atoms with Crippen molar-refractivity contribution in [2.75, 3.05) is 0 Å². The van der Waals surface area contributed by atoms with Crippen LogP contribution in [0.2, 0.25) is 0 Å². The lowest BCUT2D eigenvalue weighted by atomic mass is 10.0. The van der Waals surface area contributed by atoms with E-state index in [1.807, 2.05) is 42.5 Å². The molecule has 8 aromatic rings. The molecular weight excluding hydrogens is 456 g/mol. The summed E-state index contributed by atoms with van der Waals surface area (Å²) in [6.45, 7) is 0. The number of aromatic nitrogens is 2. The highest BCUT2D eigenvalue weighted by Gasteiger charge is 2.20.